The van der Waals surface area contributed by atoms with Crippen LogP contribution in [0, 0.1) is 5.82 Å². The van der Waals surface area contributed by atoms with E-state index in [4.69, 9.17) is 16.3 Å². The van der Waals surface area contributed by atoms with Crippen LogP contribution in [-0.2, 0) is 10.0 Å². The van der Waals surface area contributed by atoms with E-state index in [0.717, 1.165) is 0 Å². The zero-order chi connectivity index (χ0) is 21.8. The zero-order valence-corrected chi connectivity index (χ0v) is 18.3. The van der Waals surface area contributed by atoms with Gasteiger partial charge < -0.3 is 10.1 Å². The third-order valence-corrected chi connectivity index (χ3v) is 6.90. The number of hydrogen-bond donors (Lipinski definition) is 1. The number of sulfonamides is 1. The maximum atomic E-state index is 13.3. The van der Waals surface area contributed by atoms with Crippen molar-refractivity contribution in [2.45, 2.75) is 31.7 Å². The number of amides is 1. The molecule has 0 aromatic heterocycles. The van der Waals surface area contributed by atoms with Gasteiger partial charge in [-0.25, -0.2) is 12.8 Å². The third-order valence-electron chi connectivity index (χ3n) is 4.54. The lowest BCUT2D eigenvalue weighted by Gasteiger charge is -2.21. The van der Waals surface area contributed by atoms with Crippen LogP contribution >= 0.6 is 11.6 Å². The van der Waals surface area contributed by atoms with Crippen LogP contribution in [0.5, 0.6) is 5.75 Å². The summed E-state index contributed by atoms with van der Waals surface area (Å²) in [5, 5.41) is 2.72. The van der Waals surface area contributed by atoms with Gasteiger partial charge in [0.15, 0.2) is 0 Å². The van der Waals surface area contributed by atoms with Crippen molar-refractivity contribution in [3.8, 4) is 5.75 Å². The smallest absolute Gasteiger partial charge is 0.251 e. The van der Waals surface area contributed by atoms with Crippen LogP contribution in [0.3, 0.4) is 0 Å². The molecular weight excluding hydrogens is 419 g/mol. The second-order valence-electron chi connectivity index (χ2n) is 6.32. The van der Waals surface area contributed by atoms with Crippen LogP contribution in [0.25, 0.3) is 0 Å². The standard InChI is InChI=1S/C20H24ClFN2O4S/c1-5-24(6-2)29(26,27)19-12-15(8-10-18(19)28-4)20(25)23-13(3)14-7-9-17(22)16(21)11-14/h7-13H,5-6H2,1-4H3,(H,23,25). The normalized spacial score (nSPS) is 12.7. The molecule has 1 amide bonds. The molecule has 0 bridgehead atoms. The first-order chi connectivity index (χ1) is 13.6. The van der Waals surface area contributed by atoms with Gasteiger partial charge in [-0.05, 0) is 42.8 Å². The lowest BCUT2D eigenvalue weighted by molar-refractivity contribution is 0.0939. The largest absolute Gasteiger partial charge is 0.495 e. The average Bonchev–Trinajstić information content (AvgIpc) is 2.70. The Hall–Kier alpha value is -2.16. The highest BCUT2D eigenvalue weighted by molar-refractivity contribution is 7.89. The summed E-state index contributed by atoms with van der Waals surface area (Å²) in [5.74, 6) is -0.862. The van der Waals surface area contributed by atoms with Gasteiger partial charge in [0.1, 0.15) is 16.5 Å². The number of carbonyl (C=O) groups is 1. The van der Waals surface area contributed by atoms with E-state index in [1.165, 1.54) is 47.8 Å². The van der Waals surface area contributed by atoms with Crippen LogP contribution in [0.4, 0.5) is 4.39 Å². The second kappa shape index (κ2) is 9.56. The van der Waals surface area contributed by atoms with Crippen molar-refractivity contribution in [3.63, 3.8) is 0 Å². The van der Waals surface area contributed by atoms with Gasteiger partial charge in [-0.1, -0.05) is 31.5 Å². The van der Waals surface area contributed by atoms with Gasteiger partial charge in [0.25, 0.3) is 5.91 Å². The Morgan fingerprint density at radius 2 is 1.86 bits per heavy atom. The quantitative estimate of drug-likeness (QED) is 0.670. The van der Waals surface area contributed by atoms with E-state index < -0.39 is 27.8 Å². The number of halogens is 2. The summed E-state index contributed by atoms with van der Waals surface area (Å²) < 4.78 is 45.7. The summed E-state index contributed by atoms with van der Waals surface area (Å²) >= 11 is 5.80. The molecule has 0 fully saturated rings. The lowest BCUT2D eigenvalue weighted by atomic mass is 10.1. The molecule has 2 aromatic rings. The monoisotopic (exact) mass is 442 g/mol. The first kappa shape index (κ1) is 23.1. The SMILES string of the molecule is CCN(CC)S(=O)(=O)c1cc(C(=O)NC(C)c2ccc(F)c(Cl)c2)ccc1OC. The van der Waals surface area contributed by atoms with Crippen molar-refractivity contribution in [2.75, 3.05) is 20.2 Å². The Labute approximate surface area is 175 Å². The maximum Gasteiger partial charge on any atom is 0.251 e. The van der Waals surface area contributed by atoms with E-state index in [2.05, 4.69) is 5.32 Å². The summed E-state index contributed by atoms with van der Waals surface area (Å²) in [6.07, 6.45) is 0. The molecule has 1 atom stereocenters. The Morgan fingerprint density at radius 3 is 2.41 bits per heavy atom. The van der Waals surface area contributed by atoms with Crippen LogP contribution in [0.15, 0.2) is 41.3 Å². The summed E-state index contributed by atoms with van der Waals surface area (Å²) in [6.45, 7) is 5.78. The van der Waals surface area contributed by atoms with Crippen molar-refractivity contribution in [2.24, 2.45) is 0 Å². The predicted octanol–water partition coefficient (Wildman–Crippen LogP) is 4.01. The minimum absolute atomic E-state index is 0.0411. The number of benzene rings is 2. The average molecular weight is 443 g/mol. The fourth-order valence-electron chi connectivity index (χ4n) is 2.87. The van der Waals surface area contributed by atoms with Crippen molar-refractivity contribution in [3.05, 3.63) is 58.4 Å². The first-order valence-electron chi connectivity index (χ1n) is 9.09. The lowest BCUT2D eigenvalue weighted by Crippen LogP contribution is -2.31. The Bertz CT molecular complexity index is 994. The maximum absolute atomic E-state index is 13.3. The fraction of sp³-hybridized carbons (Fsp3) is 0.350. The van der Waals surface area contributed by atoms with Gasteiger partial charge in [-0.15, -0.1) is 0 Å². The van der Waals surface area contributed by atoms with Gasteiger partial charge >= 0.3 is 0 Å². The highest BCUT2D eigenvalue weighted by Crippen LogP contribution is 2.28. The van der Waals surface area contributed by atoms with E-state index in [9.17, 15) is 17.6 Å². The molecule has 1 N–H and O–H groups in total. The molecular formula is C20H24ClFN2O4S. The molecule has 2 aromatic carbocycles. The van der Waals surface area contributed by atoms with Crippen LogP contribution in [0.1, 0.15) is 42.7 Å². The fourth-order valence-corrected chi connectivity index (χ4v) is 4.70. The van der Waals surface area contributed by atoms with E-state index in [1.54, 1.807) is 20.8 Å². The Kier molecular flexibility index (Phi) is 7.62. The van der Waals surface area contributed by atoms with E-state index in [1.807, 2.05) is 0 Å². The number of nitrogens with zero attached hydrogens (tertiary/aromatic N) is 1. The topological polar surface area (TPSA) is 75.7 Å². The molecule has 0 radical (unpaired) electrons. The van der Waals surface area contributed by atoms with Crippen LogP contribution in [-0.4, -0.2) is 38.8 Å². The van der Waals surface area contributed by atoms with Crippen molar-refractivity contribution < 1.29 is 22.3 Å². The summed E-state index contributed by atoms with van der Waals surface area (Å²) in [4.78, 5) is 12.6. The molecule has 0 spiro atoms. The molecule has 158 valence electrons. The molecule has 0 heterocycles. The van der Waals surface area contributed by atoms with Crippen LogP contribution < -0.4 is 10.1 Å². The number of hydrogen-bond acceptors (Lipinski definition) is 4. The summed E-state index contributed by atoms with van der Waals surface area (Å²) in [6, 6.07) is 7.95. The van der Waals surface area contributed by atoms with Gasteiger partial charge in [0.05, 0.1) is 18.2 Å². The van der Waals surface area contributed by atoms with Crippen molar-refractivity contribution in [1.29, 1.82) is 0 Å². The molecule has 2 rings (SSSR count). The van der Waals surface area contributed by atoms with Crippen LogP contribution in [0.2, 0.25) is 5.02 Å². The van der Waals surface area contributed by atoms with Crippen molar-refractivity contribution in [1.82, 2.24) is 9.62 Å². The van der Waals surface area contributed by atoms with Gasteiger partial charge in [0, 0.05) is 18.7 Å². The molecule has 0 aliphatic rings. The Balaban J connectivity index is 2.35. The number of methoxy groups -OCH3 is 1. The van der Waals surface area contributed by atoms with E-state index in [-0.39, 0.29) is 21.2 Å². The third kappa shape index (κ3) is 5.07. The first-order valence-corrected chi connectivity index (χ1v) is 10.9. The molecule has 9 heteroatoms. The molecule has 0 aliphatic carbocycles. The highest BCUT2D eigenvalue weighted by atomic mass is 35.5. The predicted molar refractivity (Wildman–Crippen MR) is 110 cm³/mol. The number of nitrogens with one attached hydrogen (secondary N) is 1. The minimum Gasteiger partial charge on any atom is -0.495 e. The highest BCUT2D eigenvalue weighted by Gasteiger charge is 2.27. The minimum atomic E-state index is -3.82. The Morgan fingerprint density at radius 1 is 1.21 bits per heavy atom. The summed E-state index contributed by atoms with van der Waals surface area (Å²) in [5.41, 5.74) is 0.783. The number of carbonyl (C=O) groups excluding carboxylic acids is 1. The molecule has 0 saturated carbocycles. The van der Waals surface area contributed by atoms with Gasteiger partial charge in [-0.3, -0.25) is 4.79 Å². The summed E-state index contributed by atoms with van der Waals surface area (Å²) in [7, 11) is -2.45. The molecule has 6 nitrogen and oxygen atoms in total. The molecule has 0 saturated heterocycles. The van der Waals surface area contributed by atoms with Gasteiger partial charge in [0.2, 0.25) is 10.0 Å². The van der Waals surface area contributed by atoms with Gasteiger partial charge in [-0.2, -0.15) is 4.31 Å². The second-order valence-corrected chi connectivity index (χ2v) is 8.64. The molecule has 0 aliphatic heterocycles. The number of rotatable bonds is 8. The van der Waals surface area contributed by atoms with E-state index in [0.29, 0.717) is 18.7 Å². The van der Waals surface area contributed by atoms with E-state index >= 15 is 0 Å². The molecule has 29 heavy (non-hydrogen) atoms. The molecule has 1 unspecified atom stereocenters. The zero-order valence-electron chi connectivity index (χ0n) is 16.7. The van der Waals surface area contributed by atoms with Crippen molar-refractivity contribution >= 4 is 27.5 Å². The number of ether oxygens (including phenoxy) is 1.